The molecule has 6 heteroatoms. The Morgan fingerprint density at radius 2 is 1.85 bits per heavy atom. The van der Waals surface area contributed by atoms with Crippen LogP contribution in [0.15, 0.2) is 60.7 Å². The summed E-state index contributed by atoms with van der Waals surface area (Å²) in [4.78, 5) is 14.5. The number of aromatic amines is 1. The first kappa shape index (κ1) is 16.1. The molecule has 0 aliphatic rings. The number of amides is 1. The van der Waals surface area contributed by atoms with Crippen LogP contribution in [0.3, 0.4) is 0 Å². The zero-order valence-electron chi connectivity index (χ0n) is 14.7. The van der Waals surface area contributed by atoms with Crippen LogP contribution in [0, 0.1) is 0 Å². The second kappa shape index (κ2) is 6.48. The lowest BCUT2D eigenvalue weighted by Crippen LogP contribution is -2.27. The first-order valence-corrected chi connectivity index (χ1v) is 8.40. The molecule has 2 heterocycles. The molecule has 0 saturated carbocycles. The summed E-state index contributed by atoms with van der Waals surface area (Å²) in [5.41, 5.74) is 4.19. The van der Waals surface area contributed by atoms with Gasteiger partial charge in [-0.1, -0.05) is 48.5 Å². The third kappa shape index (κ3) is 2.86. The number of carbonyl (C=O) groups is 1. The number of hydrogen-bond donors (Lipinski definition) is 1. The molecule has 0 radical (unpaired) electrons. The van der Waals surface area contributed by atoms with Crippen LogP contribution >= 0.6 is 0 Å². The number of rotatable bonds is 4. The van der Waals surface area contributed by atoms with E-state index in [0.717, 1.165) is 27.9 Å². The van der Waals surface area contributed by atoms with Gasteiger partial charge < -0.3 is 4.90 Å². The minimum absolute atomic E-state index is 0.113. The molecule has 1 amide bonds. The molecule has 2 aromatic carbocycles. The lowest BCUT2D eigenvalue weighted by atomic mass is 10.1. The molecule has 4 aromatic rings. The fourth-order valence-corrected chi connectivity index (χ4v) is 3.08. The van der Waals surface area contributed by atoms with Gasteiger partial charge in [-0.05, 0) is 12.1 Å². The lowest BCUT2D eigenvalue weighted by molar-refractivity contribution is 0.0778. The van der Waals surface area contributed by atoms with Crippen molar-refractivity contribution in [3.8, 4) is 11.3 Å². The SMILES string of the molecule is CN(Cc1cc(-c2ccccc2)n[nH]1)C(=O)c1nn(C)c2ccccc12. The quantitative estimate of drug-likeness (QED) is 0.617. The van der Waals surface area contributed by atoms with E-state index in [0.29, 0.717) is 12.2 Å². The molecule has 26 heavy (non-hydrogen) atoms. The molecule has 0 saturated heterocycles. The van der Waals surface area contributed by atoms with E-state index in [1.165, 1.54) is 0 Å². The summed E-state index contributed by atoms with van der Waals surface area (Å²) in [6.07, 6.45) is 0. The molecule has 0 spiro atoms. The van der Waals surface area contributed by atoms with Gasteiger partial charge in [0.1, 0.15) is 0 Å². The van der Waals surface area contributed by atoms with Gasteiger partial charge in [0.2, 0.25) is 0 Å². The maximum atomic E-state index is 12.9. The van der Waals surface area contributed by atoms with Gasteiger partial charge in [0.15, 0.2) is 5.69 Å². The molecule has 0 aliphatic carbocycles. The van der Waals surface area contributed by atoms with Crippen molar-refractivity contribution in [2.45, 2.75) is 6.54 Å². The zero-order valence-corrected chi connectivity index (χ0v) is 14.7. The van der Waals surface area contributed by atoms with Crippen molar-refractivity contribution >= 4 is 16.8 Å². The summed E-state index contributed by atoms with van der Waals surface area (Å²) >= 11 is 0. The van der Waals surface area contributed by atoms with E-state index < -0.39 is 0 Å². The van der Waals surface area contributed by atoms with Crippen LogP contribution in [0.4, 0.5) is 0 Å². The second-order valence-corrected chi connectivity index (χ2v) is 6.30. The van der Waals surface area contributed by atoms with E-state index in [-0.39, 0.29) is 5.91 Å². The molecule has 0 fully saturated rings. The fourth-order valence-electron chi connectivity index (χ4n) is 3.08. The maximum Gasteiger partial charge on any atom is 0.275 e. The first-order valence-electron chi connectivity index (χ1n) is 8.40. The standard InChI is InChI=1S/C20H19N5O/c1-24(13-15-12-17(22-21-15)14-8-4-3-5-9-14)20(26)19-16-10-6-7-11-18(16)25(2)23-19/h3-12H,13H2,1-2H3,(H,21,22). The Morgan fingerprint density at radius 1 is 1.12 bits per heavy atom. The Labute approximate surface area is 151 Å². The molecular formula is C20H19N5O. The topological polar surface area (TPSA) is 66.8 Å². The first-order chi connectivity index (χ1) is 12.6. The summed E-state index contributed by atoms with van der Waals surface area (Å²) in [5.74, 6) is -0.113. The van der Waals surface area contributed by atoms with E-state index in [1.807, 2.05) is 67.7 Å². The molecule has 4 rings (SSSR count). The van der Waals surface area contributed by atoms with E-state index in [1.54, 1.807) is 16.6 Å². The molecule has 2 aromatic heterocycles. The van der Waals surface area contributed by atoms with Crippen LogP contribution in [-0.2, 0) is 13.6 Å². The number of benzene rings is 2. The average molecular weight is 345 g/mol. The number of fused-ring (bicyclic) bond motifs is 1. The zero-order chi connectivity index (χ0) is 18.1. The number of nitrogens with zero attached hydrogens (tertiary/aromatic N) is 4. The highest BCUT2D eigenvalue weighted by atomic mass is 16.2. The van der Waals surface area contributed by atoms with Crippen molar-refractivity contribution in [2.75, 3.05) is 7.05 Å². The Hall–Kier alpha value is -3.41. The summed E-state index contributed by atoms with van der Waals surface area (Å²) in [5, 5.41) is 12.6. The van der Waals surface area contributed by atoms with Gasteiger partial charge in [-0.3, -0.25) is 14.6 Å². The van der Waals surface area contributed by atoms with Gasteiger partial charge in [0, 0.05) is 25.0 Å². The van der Waals surface area contributed by atoms with Gasteiger partial charge in [0.05, 0.1) is 23.4 Å². The van der Waals surface area contributed by atoms with E-state index >= 15 is 0 Å². The van der Waals surface area contributed by atoms with Crippen LogP contribution in [0.2, 0.25) is 0 Å². The Bertz CT molecular complexity index is 1060. The molecule has 0 atom stereocenters. The van der Waals surface area contributed by atoms with Crippen LogP contribution in [0.5, 0.6) is 0 Å². The predicted octanol–water partition coefficient (Wildman–Crippen LogP) is 3.24. The largest absolute Gasteiger partial charge is 0.334 e. The molecule has 130 valence electrons. The summed E-state index contributed by atoms with van der Waals surface area (Å²) < 4.78 is 1.74. The van der Waals surface area contributed by atoms with Crippen LogP contribution in [0.25, 0.3) is 22.2 Å². The van der Waals surface area contributed by atoms with Gasteiger partial charge >= 0.3 is 0 Å². The predicted molar refractivity (Wildman–Crippen MR) is 101 cm³/mol. The summed E-state index contributed by atoms with van der Waals surface area (Å²) in [6.45, 7) is 0.434. The smallest absolute Gasteiger partial charge is 0.275 e. The highest BCUT2D eigenvalue weighted by Gasteiger charge is 2.20. The van der Waals surface area contributed by atoms with Crippen LogP contribution < -0.4 is 0 Å². The normalized spacial score (nSPS) is 11.0. The van der Waals surface area contributed by atoms with E-state index in [9.17, 15) is 4.79 Å². The number of aromatic nitrogens is 4. The van der Waals surface area contributed by atoms with Crippen molar-refractivity contribution in [2.24, 2.45) is 7.05 Å². The van der Waals surface area contributed by atoms with Gasteiger partial charge in [-0.25, -0.2) is 0 Å². The average Bonchev–Trinajstić information content (AvgIpc) is 3.27. The fraction of sp³-hybridized carbons (Fsp3) is 0.150. The number of aryl methyl sites for hydroxylation is 1. The molecule has 0 unspecified atom stereocenters. The number of carbonyl (C=O) groups excluding carboxylic acids is 1. The maximum absolute atomic E-state index is 12.9. The Kier molecular flexibility index (Phi) is 4.01. The van der Waals surface area contributed by atoms with Crippen molar-refractivity contribution in [3.05, 3.63) is 72.1 Å². The summed E-state index contributed by atoms with van der Waals surface area (Å²) in [6, 6.07) is 19.7. The molecule has 0 bridgehead atoms. The Morgan fingerprint density at radius 3 is 2.65 bits per heavy atom. The van der Waals surface area contributed by atoms with Crippen molar-refractivity contribution < 1.29 is 4.79 Å². The van der Waals surface area contributed by atoms with Crippen molar-refractivity contribution in [1.29, 1.82) is 0 Å². The minimum Gasteiger partial charge on any atom is -0.334 e. The van der Waals surface area contributed by atoms with Gasteiger partial charge in [0.25, 0.3) is 5.91 Å². The Balaban J connectivity index is 1.55. The third-order valence-corrected chi connectivity index (χ3v) is 4.42. The molecule has 0 aliphatic heterocycles. The lowest BCUT2D eigenvalue weighted by Gasteiger charge is -2.14. The highest BCUT2D eigenvalue weighted by Crippen LogP contribution is 2.20. The van der Waals surface area contributed by atoms with Gasteiger partial charge in [-0.2, -0.15) is 10.2 Å². The number of hydrogen-bond acceptors (Lipinski definition) is 3. The van der Waals surface area contributed by atoms with E-state index in [4.69, 9.17) is 0 Å². The van der Waals surface area contributed by atoms with Crippen molar-refractivity contribution in [3.63, 3.8) is 0 Å². The monoisotopic (exact) mass is 345 g/mol. The van der Waals surface area contributed by atoms with Gasteiger partial charge in [-0.15, -0.1) is 0 Å². The third-order valence-electron chi connectivity index (χ3n) is 4.42. The molecule has 1 N–H and O–H groups in total. The van der Waals surface area contributed by atoms with Crippen molar-refractivity contribution in [1.82, 2.24) is 24.9 Å². The minimum atomic E-state index is -0.113. The number of nitrogens with one attached hydrogen (secondary N) is 1. The molecular weight excluding hydrogens is 326 g/mol. The van der Waals surface area contributed by atoms with Crippen LogP contribution in [0.1, 0.15) is 16.2 Å². The van der Waals surface area contributed by atoms with E-state index in [2.05, 4.69) is 15.3 Å². The van der Waals surface area contributed by atoms with Crippen LogP contribution in [-0.4, -0.2) is 37.8 Å². The second-order valence-electron chi connectivity index (χ2n) is 6.30. The molecule has 6 nitrogen and oxygen atoms in total. The summed E-state index contributed by atoms with van der Waals surface area (Å²) in [7, 11) is 3.62. The number of H-pyrrole nitrogens is 1. The number of para-hydroxylation sites is 1. The highest BCUT2D eigenvalue weighted by molar-refractivity contribution is 6.04.